The van der Waals surface area contributed by atoms with Crippen LogP contribution in [-0.4, -0.2) is 19.5 Å². The first-order valence-corrected chi connectivity index (χ1v) is 13.0. The first kappa shape index (κ1) is 22.4. The minimum atomic E-state index is 0.167. The molecule has 0 bridgehead atoms. The van der Waals surface area contributed by atoms with Gasteiger partial charge >= 0.3 is 0 Å². The van der Waals surface area contributed by atoms with E-state index in [1.807, 2.05) is 0 Å². The summed E-state index contributed by atoms with van der Waals surface area (Å²) in [6.07, 6.45) is 0. The summed E-state index contributed by atoms with van der Waals surface area (Å²) in [6.45, 7) is 4.26. The molecular formula is C34H26N4. The Bertz CT molecular complexity index is 1950. The second-order valence-electron chi connectivity index (χ2n) is 9.95. The van der Waals surface area contributed by atoms with E-state index in [2.05, 4.69) is 134 Å². The Labute approximate surface area is 221 Å². The topological polar surface area (TPSA) is 43.6 Å². The quantitative estimate of drug-likeness (QED) is 0.248. The summed E-state index contributed by atoms with van der Waals surface area (Å²) in [7, 11) is 0. The molecule has 0 aliphatic heterocycles. The predicted molar refractivity (Wildman–Crippen MR) is 157 cm³/mol. The normalized spacial score (nSPS) is 11.7. The molecule has 0 aliphatic rings. The van der Waals surface area contributed by atoms with Crippen LogP contribution in [0.3, 0.4) is 0 Å². The van der Waals surface area contributed by atoms with Gasteiger partial charge in [0.1, 0.15) is 5.82 Å². The van der Waals surface area contributed by atoms with Crippen molar-refractivity contribution in [3.05, 3.63) is 121 Å². The number of aromatic nitrogens is 4. The van der Waals surface area contributed by atoms with Crippen molar-refractivity contribution >= 4 is 32.6 Å². The number of para-hydroxylation sites is 2. The summed E-state index contributed by atoms with van der Waals surface area (Å²) in [4.78, 5) is 15.0. The molecule has 5 aromatic carbocycles. The van der Waals surface area contributed by atoms with Gasteiger partial charge in [0, 0.05) is 33.5 Å². The highest BCUT2D eigenvalue weighted by Gasteiger charge is 2.19. The third kappa shape index (κ3) is 3.65. The first-order valence-electron chi connectivity index (χ1n) is 13.0. The van der Waals surface area contributed by atoms with Crippen molar-refractivity contribution in [2.75, 3.05) is 0 Å². The summed E-state index contributed by atoms with van der Waals surface area (Å²) in [5.41, 5.74) is 5.43. The summed E-state index contributed by atoms with van der Waals surface area (Å²) in [5.74, 6) is 2.37. The lowest BCUT2D eigenvalue weighted by Crippen LogP contribution is -2.04. The zero-order chi connectivity index (χ0) is 25.6. The smallest absolute Gasteiger partial charge is 0.164 e. The molecule has 4 nitrogen and oxygen atoms in total. The molecule has 0 aliphatic carbocycles. The van der Waals surface area contributed by atoms with Crippen LogP contribution in [-0.2, 0) is 0 Å². The summed E-state index contributed by atoms with van der Waals surface area (Å²) in [5, 5.41) is 4.71. The lowest BCUT2D eigenvalue weighted by Gasteiger charge is -2.12. The number of rotatable bonds is 4. The van der Waals surface area contributed by atoms with Gasteiger partial charge in [-0.2, -0.15) is 0 Å². The average molecular weight is 491 g/mol. The molecule has 0 atom stereocenters. The van der Waals surface area contributed by atoms with Crippen LogP contribution in [0.2, 0.25) is 0 Å². The molecule has 2 heterocycles. The van der Waals surface area contributed by atoms with Gasteiger partial charge in [-0.25, -0.2) is 15.0 Å². The maximum atomic E-state index is 5.07. The number of fused-ring (bicyclic) bond motifs is 4. The second kappa shape index (κ2) is 8.93. The van der Waals surface area contributed by atoms with Crippen molar-refractivity contribution < 1.29 is 0 Å². The molecule has 0 unspecified atom stereocenters. The summed E-state index contributed by atoms with van der Waals surface area (Å²) >= 11 is 0. The molecule has 0 amide bonds. The zero-order valence-corrected chi connectivity index (χ0v) is 21.3. The maximum Gasteiger partial charge on any atom is 0.164 e. The molecule has 4 heteroatoms. The van der Waals surface area contributed by atoms with Crippen molar-refractivity contribution in [3.63, 3.8) is 0 Å². The van der Waals surface area contributed by atoms with E-state index in [0.717, 1.165) is 39.1 Å². The largest absolute Gasteiger partial charge is 0.309 e. The van der Waals surface area contributed by atoms with E-state index < -0.39 is 0 Å². The fourth-order valence-corrected chi connectivity index (χ4v) is 5.29. The lowest BCUT2D eigenvalue weighted by molar-refractivity contribution is 0.766. The molecule has 38 heavy (non-hydrogen) atoms. The first-order chi connectivity index (χ1) is 18.7. The maximum absolute atomic E-state index is 5.07. The van der Waals surface area contributed by atoms with Crippen molar-refractivity contribution in [1.82, 2.24) is 19.5 Å². The van der Waals surface area contributed by atoms with Gasteiger partial charge in [0.2, 0.25) is 0 Å². The van der Waals surface area contributed by atoms with Crippen molar-refractivity contribution in [2.45, 2.75) is 19.8 Å². The molecule has 7 aromatic rings. The van der Waals surface area contributed by atoms with Gasteiger partial charge in [0.15, 0.2) is 11.6 Å². The van der Waals surface area contributed by atoms with Crippen LogP contribution in [0.4, 0.5) is 0 Å². The van der Waals surface area contributed by atoms with E-state index in [1.54, 1.807) is 0 Å². The molecule has 0 fully saturated rings. The van der Waals surface area contributed by atoms with Crippen LogP contribution < -0.4 is 0 Å². The van der Waals surface area contributed by atoms with Gasteiger partial charge in [0.05, 0.1) is 11.0 Å². The zero-order valence-electron chi connectivity index (χ0n) is 21.3. The molecule has 0 radical (unpaired) electrons. The average Bonchev–Trinajstić information content (AvgIpc) is 3.31. The molecular weight excluding hydrogens is 464 g/mol. The summed E-state index contributed by atoms with van der Waals surface area (Å²) in [6, 6.07) is 40.3. The standard InChI is InChI=1S/C34H26N4/c1-22(2)32-35-33(25-20-19-23-11-6-7-12-24(23)21-25)37-34(36-32)28-16-10-18-30-31(28)27-15-8-9-17-29(27)38(30)26-13-4-3-5-14-26/h3-22H,1-2H3. The molecule has 0 saturated carbocycles. The van der Waals surface area contributed by atoms with Gasteiger partial charge < -0.3 is 4.57 Å². The molecule has 0 saturated heterocycles. The fraction of sp³-hybridized carbons (Fsp3) is 0.0882. The molecule has 0 N–H and O–H groups in total. The van der Waals surface area contributed by atoms with Crippen molar-refractivity contribution in [3.8, 4) is 28.5 Å². The summed E-state index contributed by atoms with van der Waals surface area (Å²) < 4.78 is 2.32. The Morgan fingerprint density at radius 1 is 0.579 bits per heavy atom. The highest BCUT2D eigenvalue weighted by molar-refractivity contribution is 6.15. The number of benzene rings is 5. The molecule has 7 rings (SSSR count). The van der Waals surface area contributed by atoms with E-state index in [-0.39, 0.29) is 5.92 Å². The molecule has 0 spiro atoms. The van der Waals surface area contributed by atoms with Crippen LogP contribution >= 0.6 is 0 Å². The second-order valence-corrected chi connectivity index (χ2v) is 9.95. The van der Waals surface area contributed by atoms with Gasteiger partial charge in [-0.05, 0) is 41.1 Å². The number of hydrogen-bond acceptors (Lipinski definition) is 3. The van der Waals surface area contributed by atoms with Crippen LogP contribution in [0.5, 0.6) is 0 Å². The van der Waals surface area contributed by atoms with Crippen molar-refractivity contribution in [1.29, 1.82) is 0 Å². The highest BCUT2D eigenvalue weighted by atomic mass is 15.0. The Morgan fingerprint density at radius 2 is 1.29 bits per heavy atom. The van der Waals surface area contributed by atoms with Crippen LogP contribution in [0.25, 0.3) is 61.0 Å². The van der Waals surface area contributed by atoms with Gasteiger partial charge in [-0.1, -0.05) is 98.8 Å². The van der Waals surface area contributed by atoms with E-state index in [9.17, 15) is 0 Å². The van der Waals surface area contributed by atoms with Crippen LogP contribution in [0.15, 0.2) is 115 Å². The molecule has 182 valence electrons. The number of hydrogen-bond donors (Lipinski definition) is 0. The Kier molecular flexibility index (Phi) is 5.26. The number of nitrogens with zero attached hydrogens (tertiary/aromatic N) is 4. The van der Waals surface area contributed by atoms with Crippen LogP contribution in [0, 0.1) is 0 Å². The van der Waals surface area contributed by atoms with Gasteiger partial charge in [-0.15, -0.1) is 0 Å². The minimum Gasteiger partial charge on any atom is -0.309 e. The molecule has 2 aromatic heterocycles. The van der Waals surface area contributed by atoms with E-state index in [1.165, 1.54) is 16.2 Å². The van der Waals surface area contributed by atoms with Gasteiger partial charge in [0.25, 0.3) is 0 Å². The third-order valence-corrected chi connectivity index (χ3v) is 7.13. The van der Waals surface area contributed by atoms with E-state index in [0.29, 0.717) is 11.6 Å². The lowest BCUT2D eigenvalue weighted by atomic mass is 10.0. The Hall–Kier alpha value is -4.83. The Balaban J connectivity index is 1.51. The van der Waals surface area contributed by atoms with E-state index >= 15 is 0 Å². The fourth-order valence-electron chi connectivity index (χ4n) is 5.29. The monoisotopic (exact) mass is 490 g/mol. The Morgan fingerprint density at radius 3 is 2.13 bits per heavy atom. The minimum absolute atomic E-state index is 0.167. The predicted octanol–water partition coefficient (Wildman–Crippen LogP) is 8.58. The third-order valence-electron chi connectivity index (χ3n) is 7.13. The van der Waals surface area contributed by atoms with E-state index in [4.69, 9.17) is 15.0 Å². The highest BCUT2D eigenvalue weighted by Crippen LogP contribution is 2.38. The van der Waals surface area contributed by atoms with Gasteiger partial charge in [-0.3, -0.25) is 0 Å². The van der Waals surface area contributed by atoms with Crippen molar-refractivity contribution in [2.24, 2.45) is 0 Å². The van der Waals surface area contributed by atoms with Crippen LogP contribution in [0.1, 0.15) is 25.6 Å². The SMILES string of the molecule is CC(C)c1nc(-c2ccc3ccccc3c2)nc(-c2cccc3c2c2ccccc2n3-c2ccccc2)n1.